The minimum absolute atomic E-state index is 0.0974. The zero-order valence-electron chi connectivity index (χ0n) is 10.9. The Hall–Kier alpha value is -1.54. The van der Waals surface area contributed by atoms with Crippen LogP contribution < -0.4 is 0 Å². The Labute approximate surface area is 107 Å². The van der Waals surface area contributed by atoms with E-state index in [-0.39, 0.29) is 6.42 Å². The normalized spacial score (nSPS) is 11.0. The maximum absolute atomic E-state index is 12.0. The molecular weight excluding hydrogens is 251 g/mol. The van der Waals surface area contributed by atoms with Crippen molar-refractivity contribution in [2.75, 3.05) is 0 Å². The van der Waals surface area contributed by atoms with Gasteiger partial charge < -0.3 is 0 Å². The molecule has 0 saturated carbocycles. The van der Waals surface area contributed by atoms with Gasteiger partial charge in [0.05, 0.1) is 5.56 Å². The summed E-state index contributed by atoms with van der Waals surface area (Å²) in [4.78, 5) is 23.0. The van der Waals surface area contributed by atoms with Crippen LogP contribution in [0, 0.1) is 20.8 Å². The summed E-state index contributed by atoms with van der Waals surface area (Å²) in [7, 11) is -2.64. The Morgan fingerprint density at radius 1 is 1.17 bits per heavy atom. The lowest BCUT2D eigenvalue weighted by atomic mass is 10.0. The van der Waals surface area contributed by atoms with Crippen LogP contribution in [0.2, 0.25) is 0 Å². The average Bonchev–Trinajstić information content (AvgIpc) is 2.27. The number of aryl methyl sites for hydroxylation is 3. The standard InChI is InChI=1S/C13H16O4P/c1-5-11(14)17-18(16)13(15)12-9(3)6-8(2)7-10(12)4/h6-7H,5H2,1-4H3/q+1. The molecule has 0 spiro atoms. The molecule has 0 N–H and O–H groups in total. The van der Waals surface area contributed by atoms with Crippen molar-refractivity contribution in [1.29, 1.82) is 0 Å². The first kappa shape index (κ1) is 14.5. The van der Waals surface area contributed by atoms with Crippen LogP contribution in [-0.2, 0) is 13.9 Å². The van der Waals surface area contributed by atoms with Gasteiger partial charge in [0.15, 0.2) is 0 Å². The first-order valence-corrected chi connectivity index (χ1v) is 6.84. The van der Waals surface area contributed by atoms with Crippen LogP contribution in [0.25, 0.3) is 0 Å². The van der Waals surface area contributed by atoms with Crippen LogP contribution in [-0.4, -0.2) is 11.5 Å². The fraction of sp³-hybridized carbons (Fsp3) is 0.385. The van der Waals surface area contributed by atoms with E-state index in [1.165, 1.54) is 0 Å². The molecule has 1 unspecified atom stereocenters. The summed E-state index contributed by atoms with van der Waals surface area (Å²) in [6.45, 7) is 7.06. The maximum atomic E-state index is 12.0. The van der Waals surface area contributed by atoms with E-state index in [0.29, 0.717) is 5.56 Å². The molecule has 0 aliphatic heterocycles. The lowest BCUT2D eigenvalue weighted by Crippen LogP contribution is -2.05. The highest BCUT2D eigenvalue weighted by molar-refractivity contribution is 7.60. The predicted octanol–water partition coefficient (Wildman–Crippen LogP) is 3.45. The molecule has 0 radical (unpaired) electrons. The summed E-state index contributed by atoms with van der Waals surface area (Å²) in [6.07, 6.45) is 0.0974. The summed E-state index contributed by atoms with van der Waals surface area (Å²) in [6, 6.07) is 3.68. The zero-order valence-corrected chi connectivity index (χ0v) is 11.8. The van der Waals surface area contributed by atoms with Crippen molar-refractivity contribution in [3.05, 3.63) is 34.4 Å². The van der Waals surface area contributed by atoms with Gasteiger partial charge in [-0.1, -0.05) is 24.6 Å². The number of benzene rings is 1. The molecule has 0 bridgehead atoms. The van der Waals surface area contributed by atoms with Crippen molar-refractivity contribution < 1.29 is 18.7 Å². The topological polar surface area (TPSA) is 60.4 Å². The molecule has 0 aliphatic rings. The minimum Gasteiger partial charge on any atom is -0.247 e. The quantitative estimate of drug-likeness (QED) is 0.784. The van der Waals surface area contributed by atoms with Crippen molar-refractivity contribution in [1.82, 2.24) is 0 Å². The Kier molecular flexibility index (Phi) is 4.74. The van der Waals surface area contributed by atoms with E-state index >= 15 is 0 Å². The molecule has 1 atom stereocenters. The average molecular weight is 267 g/mol. The lowest BCUT2D eigenvalue weighted by Gasteiger charge is -2.04. The molecule has 5 heteroatoms. The summed E-state index contributed by atoms with van der Waals surface area (Å²) in [5.74, 6) is -0.633. The molecule has 0 aromatic heterocycles. The zero-order chi connectivity index (χ0) is 13.9. The second-order valence-corrected chi connectivity index (χ2v) is 5.26. The maximum Gasteiger partial charge on any atom is 0.644 e. The van der Waals surface area contributed by atoms with Gasteiger partial charge in [0.25, 0.3) is 0 Å². The third-order valence-corrected chi connectivity index (χ3v) is 3.45. The van der Waals surface area contributed by atoms with E-state index in [0.717, 1.165) is 16.7 Å². The lowest BCUT2D eigenvalue weighted by molar-refractivity contribution is -0.133. The first-order valence-electron chi connectivity index (χ1n) is 5.67. The molecule has 4 nitrogen and oxygen atoms in total. The molecule has 0 fully saturated rings. The number of hydrogen-bond acceptors (Lipinski definition) is 4. The highest BCUT2D eigenvalue weighted by Gasteiger charge is 2.37. The van der Waals surface area contributed by atoms with Gasteiger partial charge >= 0.3 is 19.5 Å². The second kappa shape index (κ2) is 5.87. The second-order valence-electron chi connectivity index (χ2n) is 4.15. The number of carbonyl (C=O) groups excluding carboxylic acids is 2. The largest absolute Gasteiger partial charge is 0.644 e. The fourth-order valence-electron chi connectivity index (χ4n) is 1.81. The van der Waals surface area contributed by atoms with E-state index < -0.39 is 19.5 Å². The van der Waals surface area contributed by atoms with Crippen LogP contribution in [0.15, 0.2) is 12.1 Å². The molecule has 0 heterocycles. The number of hydrogen-bond donors (Lipinski definition) is 0. The molecule has 0 aliphatic carbocycles. The van der Waals surface area contributed by atoms with Gasteiger partial charge in [0, 0.05) is 6.42 Å². The highest BCUT2D eigenvalue weighted by atomic mass is 31.1. The molecule has 1 aromatic carbocycles. The smallest absolute Gasteiger partial charge is 0.247 e. The van der Waals surface area contributed by atoms with E-state index in [2.05, 4.69) is 4.52 Å². The molecule has 96 valence electrons. The van der Waals surface area contributed by atoms with Crippen molar-refractivity contribution in [2.24, 2.45) is 0 Å². The molecule has 0 amide bonds. The van der Waals surface area contributed by atoms with Gasteiger partial charge in [0.2, 0.25) is 0 Å². The third-order valence-electron chi connectivity index (χ3n) is 2.53. The van der Waals surface area contributed by atoms with Crippen LogP contribution in [0.4, 0.5) is 0 Å². The highest BCUT2D eigenvalue weighted by Crippen LogP contribution is 2.32. The van der Waals surface area contributed by atoms with Gasteiger partial charge in [-0.2, -0.15) is 0 Å². The molecular formula is C13H16O4P+. The van der Waals surface area contributed by atoms with E-state index in [1.807, 2.05) is 19.1 Å². The Morgan fingerprint density at radius 3 is 2.11 bits per heavy atom. The van der Waals surface area contributed by atoms with Crippen LogP contribution in [0.1, 0.15) is 40.4 Å². The molecule has 1 rings (SSSR count). The fourth-order valence-corrected chi connectivity index (χ4v) is 2.74. The van der Waals surface area contributed by atoms with E-state index in [9.17, 15) is 14.2 Å². The van der Waals surface area contributed by atoms with Gasteiger partial charge in [-0.05, 0) is 36.5 Å². The predicted molar refractivity (Wildman–Crippen MR) is 69.0 cm³/mol. The number of rotatable bonds is 4. The summed E-state index contributed by atoms with van der Waals surface area (Å²) < 4.78 is 16.2. The van der Waals surface area contributed by atoms with Gasteiger partial charge in [-0.3, -0.25) is 0 Å². The molecule has 18 heavy (non-hydrogen) atoms. The van der Waals surface area contributed by atoms with Crippen LogP contribution >= 0.6 is 8.03 Å². The Balaban J connectivity index is 3.05. The van der Waals surface area contributed by atoms with Crippen molar-refractivity contribution in [3.63, 3.8) is 0 Å². The number of carbonyl (C=O) groups is 2. The summed E-state index contributed by atoms with van der Waals surface area (Å²) in [5.41, 5.74) is 2.27. The van der Waals surface area contributed by atoms with Gasteiger partial charge in [-0.15, -0.1) is 0 Å². The third kappa shape index (κ3) is 3.23. The van der Waals surface area contributed by atoms with Gasteiger partial charge in [-0.25, -0.2) is 14.1 Å². The SMILES string of the molecule is CCC(=O)O[P+](=O)C(=O)c1c(C)cc(C)cc1C. The summed E-state index contributed by atoms with van der Waals surface area (Å²) >= 11 is 0. The Bertz CT molecular complexity index is 497. The molecule has 1 aromatic rings. The van der Waals surface area contributed by atoms with E-state index in [1.54, 1.807) is 20.8 Å². The van der Waals surface area contributed by atoms with Crippen molar-refractivity contribution in [3.8, 4) is 0 Å². The molecule has 0 saturated heterocycles. The first-order chi connectivity index (χ1) is 8.36. The van der Waals surface area contributed by atoms with Crippen LogP contribution in [0.5, 0.6) is 0 Å². The van der Waals surface area contributed by atoms with Gasteiger partial charge in [0.1, 0.15) is 0 Å². The summed E-state index contributed by atoms with van der Waals surface area (Å²) in [5, 5.41) is 0. The van der Waals surface area contributed by atoms with Crippen molar-refractivity contribution >= 4 is 19.5 Å². The minimum atomic E-state index is -2.64. The van der Waals surface area contributed by atoms with Crippen LogP contribution in [0.3, 0.4) is 0 Å². The van der Waals surface area contributed by atoms with Crippen molar-refractivity contribution in [2.45, 2.75) is 34.1 Å². The Morgan fingerprint density at radius 2 is 1.67 bits per heavy atom. The monoisotopic (exact) mass is 267 g/mol. The van der Waals surface area contributed by atoms with E-state index in [4.69, 9.17) is 0 Å².